The number of aromatic nitrogens is 1. The van der Waals surface area contributed by atoms with Crippen molar-refractivity contribution >= 4 is 44.0 Å². The van der Waals surface area contributed by atoms with Crippen molar-refractivity contribution in [3.05, 3.63) is 56.8 Å². The highest BCUT2D eigenvalue weighted by molar-refractivity contribution is 9.10. The van der Waals surface area contributed by atoms with Crippen molar-refractivity contribution in [3.63, 3.8) is 0 Å². The van der Waals surface area contributed by atoms with E-state index in [1.807, 2.05) is 35.7 Å². The number of nitrogens with one attached hydrogen (secondary N) is 1. The van der Waals surface area contributed by atoms with E-state index >= 15 is 0 Å². The number of H-pyrrole nitrogens is 1. The van der Waals surface area contributed by atoms with E-state index in [-0.39, 0.29) is 5.78 Å². The van der Waals surface area contributed by atoms with E-state index in [9.17, 15) is 4.79 Å². The molecule has 3 rings (SSSR count). The fraction of sp³-hybridized carbons (Fsp3) is 0. The number of hydrogen-bond acceptors (Lipinski definition) is 2. The maximum Gasteiger partial charge on any atom is 0.205 e. The lowest BCUT2D eigenvalue weighted by atomic mass is 10.1. The smallest absolute Gasteiger partial charge is 0.205 e. The fourth-order valence-electron chi connectivity index (χ4n) is 1.83. The van der Waals surface area contributed by atoms with Crippen LogP contribution in [0.1, 0.15) is 15.2 Å². The first kappa shape index (κ1) is 10.7. The molecular formula is C13H8BrNOS. The Morgan fingerprint density at radius 2 is 2.18 bits per heavy atom. The predicted octanol–water partition coefficient (Wildman–Crippen LogP) is 4.22. The minimum Gasteiger partial charge on any atom is -0.360 e. The van der Waals surface area contributed by atoms with Crippen LogP contribution in [0.5, 0.6) is 0 Å². The molecule has 0 saturated carbocycles. The van der Waals surface area contributed by atoms with Crippen LogP contribution < -0.4 is 0 Å². The van der Waals surface area contributed by atoms with Crippen LogP contribution in [0.15, 0.2) is 46.4 Å². The predicted molar refractivity (Wildman–Crippen MR) is 73.8 cm³/mol. The molecule has 0 atom stereocenters. The van der Waals surface area contributed by atoms with E-state index in [4.69, 9.17) is 0 Å². The largest absolute Gasteiger partial charge is 0.360 e. The van der Waals surface area contributed by atoms with E-state index in [1.165, 1.54) is 11.3 Å². The monoisotopic (exact) mass is 305 g/mol. The average molecular weight is 306 g/mol. The summed E-state index contributed by atoms with van der Waals surface area (Å²) >= 11 is 4.88. The van der Waals surface area contributed by atoms with Gasteiger partial charge in [-0.2, -0.15) is 0 Å². The SMILES string of the molecule is O=C(c1cccs1)c1c[nH]c2cc(Br)ccc12. The molecule has 2 aromatic heterocycles. The Morgan fingerprint density at radius 1 is 1.29 bits per heavy atom. The molecule has 0 aliphatic rings. The fourth-order valence-corrected chi connectivity index (χ4v) is 2.87. The Balaban J connectivity index is 2.15. The number of thiophene rings is 1. The van der Waals surface area contributed by atoms with Crippen LogP contribution in [0.25, 0.3) is 10.9 Å². The summed E-state index contributed by atoms with van der Waals surface area (Å²) in [4.78, 5) is 16.1. The van der Waals surface area contributed by atoms with Crippen molar-refractivity contribution in [2.24, 2.45) is 0 Å². The molecule has 0 saturated heterocycles. The lowest BCUT2D eigenvalue weighted by molar-refractivity contribution is 0.104. The molecule has 2 heterocycles. The second kappa shape index (κ2) is 4.13. The van der Waals surface area contributed by atoms with E-state index in [0.717, 1.165) is 25.8 Å². The molecule has 17 heavy (non-hydrogen) atoms. The molecule has 84 valence electrons. The van der Waals surface area contributed by atoms with Gasteiger partial charge in [-0.1, -0.05) is 28.1 Å². The summed E-state index contributed by atoms with van der Waals surface area (Å²) in [6.45, 7) is 0. The molecule has 0 aliphatic carbocycles. The highest BCUT2D eigenvalue weighted by Crippen LogP contribution is 2.25. The van der Waals surface area contributed by atoms with Crippen molar-refractivity contribution in [1.82, 2.24) is 4.98 Å². The minimum atomic E-state index is 0.0774. The molecule has 3 aromatic rings. The van der Waals surface area contributed by atoms with E-state index in [2.05, 4.69) is 20.9 Å². The molecule has 1 aromatic carbocycles. The zero-order valence-electron chi connectivity index (χ0n) is 8.74. The van der Waals surface area contributed by atoms with Gasteiger partial charge in [0, 0.05) is 27.1 Å². The standard InChI is InChI=1S/C13H8BrNOS/c14-8-3-4-9-10(7-15-11(9)6-8)13(16)12-2-1-5-17-12/h1-7,15H. The van der Waals surface area contributed by atoms with Crippen molar-refractivity contribution in [1.29, 1.82) is 0 Å². The van der Waals surface area contributed by atoms with Crippen LogP contribution >= 0.6 is 27.3 Å². The van der Waals surface area contributed by atoms with Gasteiger partial charge in [0.05, 0.1) is 4.88 Å². The van der Waals surface area contributed by atoms with E-state index in [1.54, 1.807) is 6.20 Å². The quantitative estimate of drug-likeness (QED) is 0.706. The van der Waals surface area contributed by atoms with Gasteiger partial charge in [-0.3, -0.25) is 4.79 Å². The zero-order valence-corrected chi connectivity index (χ0v) is 11.1. The van der Waals surface area contributed by atoms with Gasteiger partial charge in [-0.15, -0.1) is 11.3 Å². The Morgan fingerprint density at radius 3 is 2.94 bits per heavy atom. The lowest BCUT2D eigenvalue weighted by Crippen LogP contribution is -1.96. The topological polar surface area (TPSA) is 32.9 Å². The summed E-state index contributed by atoms with van der Waals surface area (Å²) in [7, 11) is 0. The van der Waals surface area contributed by atoms with Crippen molar-refractivity contribution < 1.29 is 4.79 Å². The van der Waals surface area contributed by atoms with Gasteiger partial charge in [0.2, 0.25) is 5.78 Å². The van der Waals surface area contributed by atoms with Crippen LogP contribution in [-0.2, 0) is 0 Å². The summed E-state index contributed by atoms with van der Waals surface area (Å²) in [6.07, 6.45) is 1.78. The van der Waals surface area contributed by atoms with Gasteiger partial charge < -0.3 is 4.98 Å². The Labute approximate surface area is 110 Å². The highest BCUT2D eigenvalue weighted by atomic mass is 79.9. The highest BCUT2D eigenvalue weighted by Gasteiger charge is 2.14. The van der Waals surface area contributed by atoms with Crippen molar-refractivity contribution in [3.8, 4) is 0 Å². The van der Waals surface area contributed by atoms with Crippen LogP contribution in [0, 0.1) is 0 Å². The zero-order chi connectivity index (χ0) is 11.8. The van der Waals surface area contributed by atoms with E-state index in [0.29, 0.717) is 0 Å². The Hall–Kier alpha value is -1.39. The maximum absolute atomic E-state index is 12.2. The van der Waals surface area contributed by atoms with Gasteiger partial charge in [0.1, 0.15) is 0 Å². The van der Waals surface area contributed by atoms with Gasteiger partial charge in [-0.05, 0) is 23.6 Å². The number of halogens is 1. The minimum absolute atomic E-state index is 0.0774. The van der Waals surface area contributed by atoms with Gasteiger partial charge >= 0.3 is 0 Å². The first-order chi connectivity index (χ1) is 8.25. The maximum atomic E-state index is 12.2. The molecule has 0 spiro atoms. The molecule has 0 bridgehead atoms. The van der Waals surface area contributed by atoms with Crippen LogP contribution in [0.2, 0.25) is 0 Å². The third-order valence-corrected chi connectivity index (χ3v) is 4.00. The van der Waals surface area contributed by atoms with Gasteiger partial charge in [0.25, 0.3) is 0 Å². The van der Waals surface area contributed by atoms with Gasteiger partial charge in [0.15, 0.2) is 0 Å². The summed E-state index contributed by atoms with van der Waals surface area (Å²) < 4.78 is 1.00. The number of ketones is 1. The number of carbonyl (C=O) groups is 1. The molecule has 4 heteroatoms. The Kier molecular flexibility index (Phi) is 2.61. The number of carbonyl (C=O) groups excluding carboxylic acids is 1. The number of hydrogen-bond donors (Lipinski definition) is 1. The second-order valence-electron chi connectivity index (χ2n) is 3.70. The summed E-state index contributed by atoms with van der Waals surface area (Å²) in [6, 6.07) is 9.62. The van der Waals surface area contributed by atoms with Crippen LogP contribution in [-0.4, -0.2) is 10.8 Å². The number of fused-ring (bicyclic) bond motifs is 1. The summed E-state index contributed by atoms with van der Waals surface area (Å²) in [5, 5.41) is 2.88. The number of aromatic amines is 1. The molecule has 0 aliphatic heterocycles. The molecule has 1 N–H and O–H groups in total. The first-order valence-electron chi connectivity index (χ1n) is 5.10. The number of rotatable bonds is 2. The summed E-state index contributed by atoms with van der Waals surface area (Å²) in [5.74, 6) is 0.0774. The Bertz CT molecular complexity index is 685. The summed E-state index contributed by atoms with van der Waals surface area (Å²) in [5.41, 5.74) is 1.70. The number of benzene rings is 1. The lowest BCUT2D eigenvalue weighted by Gasteiger charge is -1.96. The van der Waals surface area contributed by atoms with Crippen LogP contribution in [0.4, 0.5) is 0 Å². The van der Waals surface area contributed by atoms with E-state index < -0.39 is 0 Å². The third kappa shape index (κ3) is 1.83. The molecule has 0 fully saturated rings. The van der Waals surface area contributed by atoms with Crippen LogP contribution in [0.3, 0.4) is 0 Å². The second-order valence-corrected chi connectivity index (χ2v) is 5.56. The average Bonchev–Trinajstić information content (AvgIpc) is 2.96. The third-order valence-electron chi connectivity index (χ3n) is 2.63. The normalized spacial score (nSPS) is 10.9. The molecule has 0 unspecified atom stereocenters. The van der Waals surface area contributed by atoms with Gasteiger partial charge in [-0.25, -0.2) is 0 Å². The van der Waals surface area contributed by atoms with Crippen molar-refractivity contribution in [2.75, 3.05) is 0 Å². The molecular weight excluding hydrogens is 298 g/mol. The van der Waals surface area contributed by atoms with Crippen molar-refractivity contribution in [2.45, 2.75) is 0 Å². The first-order valence-corrected chi connectivity index (χ1v) is 6.78. The molecule has 2 nitrogen and oxygen atoms in total. The molecule has 0 amide bonds. The molecule has 0 radical (unpaired) electrons.